The molecule has 8 heteroatoms. The molecule has 0 saturated heterocycles. The van der Waals surface area contributed by atoms with Crippen LogP contribution in [0.4, 0.5) is 0 Å². The lowest BCUT2D eigenvalue weighted by atomic mass is 9.94. The molecular formula is C10H14N6O2. The fourth-order valence-electron chi connectivity index (χ4n) is 1.44. The molecule has 2 aromatic rings. The number of carbonyl (C=O) groups is 1. The van der Waals surface area contributed by atoms with Gasteiger partial charge in [-0.3, -0.25) is 9.48 Å². The van der Waals surface area contributed by atoms with Crippen LogP contribution in [0.2, 0.25) is 0 Å². The van der Waals surface area contributed by atoms with E-state index in [-0.39, 0.29) is 6.54 Å². The summed E-state index contributed by atoms with van der Waals surface area (Å²) in [5.41, 5.74) is -0.922. The predicted octanol–water partition coefficient (Wildman–Crippen LogP) is 0.0287. The molecule has 18 heavy (non-hydrogen) atoms. The highest BCUT2D eigenvalue weighted by Gasteiger charge is 2.29. The third-order valence-corrected chi connectivity index (χ3v) is 2.59. The van der Waals surface area contributed by atoms with Crippen LogP contribution in [0, 0.1) is 5.41 Å². The van der Waals surface area contributed by atoms with Gasteiger partial charge in [-0.2, -0.15) is 5.10 Å². The number of aromatic nitrogens is 6. The fraction of sp³-hybridized carbons (Fsp3) is 0.500. The molecule has 0 fully saturated rings. The number of rotatable bonds is 5. The lowest BCUT2D eigenvalue weighted by Crippen LogP contribution is -2.30. The van der Waals surface area contributed by atoms with Gasteiger partial charge in [0.1, 0.15) is 6.54 Å². The molecule has 0 radical (unpaired) electrons. The molecule has 0 aliphatic rings. The van der Waals surface area contributed by atoms with Crippen LogP contribution in [0.15, 0.2) is 18.5 Å². The van der Waals surface area contributed by atoms with E-state index in [2.05, 4.69) is 20.6 Å². The first-order valence-corrected chi connectivity index (χ1v) is 5.45. The highest BCUT2D eigenvalue weighted by atomic mass is 16.4. The summed E-state index contributed by atoms with van der Waals surface area (Å²) in [6, 6.07) is 1.80. The summed E-state index contributed by atoms with van der Waals surface area (Å²) >= 11 is 0. The Bertz CT molecular complexity index is 530. The molecule has 0 unspecified atom stereocenters. The van der Waals surface area contributed by atoms with E-state index in [1.54, 1.807) is 37.0 Å². The first-order chi connectivity index (χ1) is 8.49. The van der Waals surface area contributed by atoms with Gasteiger partial charge in [-0.05, 0) is 30.3 Å². The Morgan fingerprint density at radius 1 is 1.50 bits per heavy atom. The van der Waals surface area contributed by atoms with Gasteiger partial charge in [0.25, 0.3) is 0 Å². The van der Waals surface area contributed by atoms with E-state index in [9.17, 15) is 4.79 Å². The summed E-state index contributed by atoms with van der Waals surface area (Å²) in [5, 5.41) is 24.4. The van der Waals surface area contributed by atoms with Gasteiger partial charge >= 0.3 is 5.97 Å². The van der Waals surface area contributed by atoms with Crippen molar-refractivity contribution in [3.8, 4) is 0 Å². The minimum atomic E-state index is -0.922. The van der Waals surface area contributed by atoms with Gasteiger partial charge < -0.3 is 5.11 Å². The van der Waals surface area contributed by atoms with Gasteiger partial charge in [0.05, 0.1) is 12.0 Å². The van der Waals surface area contributed by atoms with Crippen LogP contribution in [-0.2, 0) is 17.9 Å². The van der Waals surface area contributed by atoms with Gasteiger partial charge in [-0.15, -0.1) is 5.10 Å². The minimum Gasteiger partial charge on any atom is -0.481 e. The van der Waals surface area contributed by atoms with E-state index in [4.69, 9.17) is 5.11 Å². The normalized spacial score (nSPS) is 11.7. The second kappa shape index (κ2) is 4.55. The Hall–Kier alpha value is -2.25. The van der Waals surface area contributed by atoms with E-state index >= 15 is 0 Å². The zero-order valence-electron chi connectivity index (χ0n) is 10.2. The van der Waals surface area contributed by atoms with Crippen LogP contribution in [0.1, 0.15) is 19.7 Å². The Labute approximate surface area is 103 Å². The zero-order valence-corrected chi connectivity index (χ0v) is 10.2. The maximum atomic E-state index is 11.1. The van der Waals surface area contributed by atoms with Crippen molar-refractivity contribution in [1.29, 1.82) is 0 Å². The molecule has 0 spiro atoms. The fourth-order valence-corrected chi connectivity index (χ4v) is 1.44. The Morgan fingerprint density at radius 2 is 2.28 bits per heavy atom. The standard InChI is InChI=1S/C10H14N6O2/c1-10(2,9(17)18)7-16-8(12-13-14-16)6-15-5-3-4-11-15/h3-5H,6-7H2,1-2H3,(H,17,18). The van der Waals surface area contributed by atoms with Crippen molar-refractivity contribution in [3.63, 3.8) is 0 Å². The number of hydrogen-bond acceptors (Lipinski definition) is 5. The summed E-state index contributed by atoms with van der Waals surface area (Å²) < 4.78 is 3.17. The smallest absolute Gasteiger partial charge is 0.310 e. The van der Waals surface area contributed by atoms with Crippen LogP contribution >= 0.6 is 0 Å². The minimum absolute atomic E-state index is 0.214. The maximum Gasteiger partial charge on any atom is 0.310 e. The summed E-state index contributed by atoms with van der Waals surface area (Å²) in [4.78, 5) is 11.1. The van der Waals surface area contributed by atoms with E-state index in [0.717, 1.165) is 0 Å². The number of tetrazole rings is 1. The van der Waals surface area contributed by atoms with Gasteiger partial charge in [0.15, 0.2) is 5.82 Å². The average molecular weight is 250 g/mol. The van der Waals surface area contributed by atoms with Gasteiger partial charge in [0, 0.05) is 12.4 Å². The second-order valence-electron chi connectivity index (χ2n) is 4.65. The molecule has 0 atom stereocenters. The summed E-state index contributed by atoms with van der Waals surface area (Å²) in [7, 11) is 0. The maximum absolute atomic E-state index is 11.1. The molecule has 0 bridgehead atoms. The van der Waals surface area contributed by atoms with Crippen molar-refractivity contribution in [2.24, 2.45) is 5.41 Å². The highest BCUT2D eigenvalue weighted by molar-refractivity contribution is 5.73. The largest absolute Gasteiger partial charge is 0.481 e. The number of hydrogen-bond donors (Lipinski definition) is 1. The summed E-state index contributed by atoms with van der Waals surface area (Å²) in [6.07, 6.45) is 3.46. The van der Waals surface area contributed by atoms with E-state index in [1.165, 1.54) is 4.68 Å². The van der Waals surface area contributed by atoms with Crippen molar-refractivity contribution >= 4 is 5.97 Å². The monoisotopic (exact) mass is 250 g/mol. The van der Waals surface area contributed by atoms with Crippen LogP contribution in [0.5, 0.6) is 0 Å². The Kier molecular flexibility index (Phi) is 3.09. The number of carboxylic acid groups (broad SMARTS) is 1. The molecule has 2 rings (SSSR count). The lowest BCUT2D eigenvalue weighted by Gasteiger charge is -2.18. The molecule has 0 aromatic carbocycles. The average Bonchev–Trinajstić information content (AvgIpc) is 2.91. The number of nitrogens with zero attached hydrogens (tertiary/aromatic N) is 6. The van der Waals surface area contributed by atoms with Gasteiger partial charge in [-0.1, -0.05) is 0 Å². The van der Waals surface area contributed by atoms with Crippen molar-refractivity contribution in [2.75, 3.05) is 0 Å². The van der Waals surface area contributed by atoms with Crippen molar-refractivity contribution in [1.82, 2.24) is 30.0 Å². The molecular weight excluding hydrogens is 236 g/mol. The first kappa shape index (κ1) is 12.2. The topological polar surface area (TPSA) is 98.7 Å². The van der Waals surface area contributed by atoms with Crippen LogP contribution in [0.3, 0.4) is 0 Å². The molecule has 2 heterocycles. The Balaban J connectivity index is 2.15. The molecule has 0 aliphatic carbocycles. The molecule has 0 amide bonds. The van der Waals surface area contributed by atoms with Crippen molar-refractivity contribution in [3.05, 3.63) is 24.3 Å². The van der Waals surface area contributed by atoms with Crippen LogP contribution in [0.25, 0.3) is 0 Å². The molecule has 96 valence electrons. The zero-order chi connectivity index (χ0) is 13.2. The van der Waals surface area contributed by atoms with E-state index < -0.39 is 11.4 Å². The number of carboxylic acids is 1. The van der Waals surface area contributed by atoms with E-state index in [1.807, 2.05) is 0 Å². The second-order valence-corrected chi connectivity index (χ2v) is 4.65. The van der Waals surface area contributed by atoms with Crippen molar-refractivity contribution < 1.29 is 9.90 Å². The highest BCUT2D eigenvalue weighted by Crippen LogP contribution is 2.18. The SMILES string of the molecule is CC(C)(Cn1nnnc1Cn1cccn1)C(=O)O. The van der Waals surface area contributed by atoms with E-state index in [0.29, 0.717) is 12.4 Å². The molecule has 1 N–H and O–H groups in total. The summed E-state index contributed by atoms with van der Waals surface area (Å²) in [6.45, 7) is 3.89. The Morgan fingerprint density at radius 3 is 2.89 bits per heavy atom. The van der Waals surface area contributed by atoms with Crippen molar-refractivity contribution in [2.45, 2.75) is 26.9 Å². The lowest BCUT2D eigenvalue weighted by molar-refractivity contribution is -0.147. The molecule has 8 nitrogen and oxygen atoms in total. The number of aliphatic carboxylic acids is 1. The quantitative estimate of drug-likeness (QED) is 0.803. The van der Waals surface area contributed by atoms with Crippen LogP contribution < -0.4 is 0 Å². The predicted molar refractivity (Wildman–Crippen MR) is 60.6 cm³/mol. The summed E-state index contributed by atoms with van der Waals surface area (Å²) in [5.74, 6) is -0.309. The van der Waals surface area contributed by atoms with Gasteiger partial charge in [0.2, 0.25) is 0 Å². The van der Waals surface area contributed by atoms with Crippen LogP contribution in [-0.4, -0.2) is 41.1 Å². The molecule has 0 aliphatic heterocycles. The third kappa shape index (κ3) is 2.53. The molecule has 0 saturated carbocycles. The van der Waals surface area contributed by atoms with Gasteiger partial charge in [-0.25, -0.2) is 4.68 Å². The molecule has 2 aromatic heterocycles. The first-order valence-electron chi connectivity index (χ1n) is 5.45. The third-order valence-electron chi connectivity index (χ3n) is 2.59.